The van der Waals surface area contributed by atoms with Gasteiger partial charge in [0.15, 0.2) is 6.30 Å². The summed E-state index contributed by atoms with van der Waals surface area (Å²) in [5.74, 6) is -0.167. The molecule has 2 saturated heterocycles. The van der Waals surface area contributed by atoms with E-state index < -0.39 is 22.4 Å². The normalized spacial score (nSPS) is 26.9. The highest BCUT2D eigenvalue weighted by atomic mass is 32.2. The quantitative estimate of drug-likeness (QED) is 0.687. The summed E-state index contributed by atoms with van der Waals surface area (Å²) in [6.45, 7) is 5.36. The van der Waals surface area contributed by atoms with E-state index >= 15 is 0 Å². The van der Waals surface area contributed by atoms with Crippen LogP contribution >= 0.6 is 0 Å². The zero-order valence-corrected chi connectivity index (χ0v) is 18.1. The highest BCUT2D eigenvalue weighted by molar-refractivity contribution is 7.89. The Bertz CT molecular complexity index is 799. The Kier molecular flexibility index (Phi) is 7.29. The zero-order valence-electron chi connectivity index (χ0n) is 17.2. The molecule has 0 aromatic heterocycles. The molecule has 0 radical (unpaired) electrons. The summed E-state index contributed by atoms with van der Waals surface area (Å²) >= 11 is 0. The second-order valence-corrected chi connectivity index (χ2v) is 10.2. The van der Waals surface area contributed by atoms with Gasteiger partial charge in [-0.15, -0.1) is 0 Å². The first-order valence-electron chi connectivity index (χ1n) is 10.6. The molecule has 29 heavy (non-hydrogen) atoms. The van der Waals surface area contributed by atoms with Gasteiger partial charge in [-0.05, 0) is 69.3 Å². The van der Waals surface area contributed by atoms with Gasteiger partial charge in [0.2, 0.25) is 10.0 Å². The van der Waals surface area contributed by atoms with Crippen LogP contribution in [0.1, 0.15) is 55.5 Å². The van der Waals surface area contributed by atoms with E-state index in [0.29, 0.717) is 12.0 Å². The maximum absolute atomic E-state index is 15.0. The lowest BCUT2D eigenvalue weighted by Gasteiger charge is -2.40. The molecule has 1 amide bonds. The molecule has 3 atom stereocenters. The van der Waals surface area contributed by atoms with Crippen LogP contribution in [0.25, 0.3) is 0 Å². The maximum Gasteiger partial charge on any atom is 0.251 e. The van der Waals surface area contributed by atoms with Crippen molar-refractivity contribution in [2.45, 2.75) is 64.3 Å². The smallest absolute Gasteiger partial charge is 0.251 e. The van der Waals surface area contributed by atoms with Gasteiger partial charge >= 0.3 is 0 Å². The number of carbonyl (C=O) groups is 1. The fraction of sp³-hybridized carbons (Fsp3) is 0.667. The first-order chi connectivity index (χ1) is 13.8. The number of nitrogens with one attached hydrogen (secondary N) is 2. The standard InChI is InChI=1S/C21H32FN3O3S/c1-3-16-5-4-6-18(12-16)21(26)24-19-11-15(2)25(20(22)13-19)29(27,28)14-17-7-9-23-10-8-17/h4-6,12,15,17,19-20,23H,3,7-11,13-14H2,1-2H3,(H,24,26)/t15-,19+,20-/m0/s1. The van der Waals surface area contributed by atoms with E-state index in [0.717, 1.165) is 42.2 Å². The first-order valence-corrected chi connectivity index (χ1v) is 12.2. The summed E-state index contributed by atoms with van der Waals surface area (Å²) in [5, 5.41) is 6.11. The molecule has 0 unspecified atom stereocenters. The number of aryl methyl sites for hydroxylation is 1. The van der Waals surface area contributed by atoms with Crippen molar-refractivity contribution in [2.75, 3.05) is 18.8 Å². The van der Waals surface area contributed by atoms with Crippen LogP contribution in [0.15, 0.2) is 24.3 Å². The van der Waals surface area contributed by atoms with Gasteiger partial charge in [-0.1, -0.05) is 19.1 Å². The van der Waals surface area contributed by atoms with Crippen LogP contribution in [0, 0.1) is 5.92 Å². The molecular formula is C21H32FN3O3S. The predicted molar refractivity (Wildman–Crippen MR) is 112 cm³/mol. The number of hydrogen-bond donors (Lipinski definition) is 2. The predicted octanol–water partition coefficient (Wildman–Crippen LogP) is 2.46. The topological polar surface area (TPSA) is 78.5 Å². The van der Waals surface area contributed by atoms with E-state index in [1.54, 1.807) is 13.0 Å². The molecule has 162 valence electrons. The summed E-state index contributed by atoms with van der Waals surface area (Å²) in [6.07, 6.45) is 1.21. The highest BCUT2D eigenvalue weighted by Crippen LogP contribution is 2.29. The van der Waals surface area contributed by atoms with Crippen molar-refractivity contribution < 1.29 is 17.6 Å². The molecule has 2 aliphatic rings. The Balaban J connectivity index is 1.62. The summed E-state index contributed by atoms with van der Waals surface area (Å²) in [7, 11) is -3.68. The zero-order chi connectivity index (χ0) is 21.0. The second-order valence-electron chi connectivity index (χ2n) is 8.28. The first kappa shape index (κ1) is 22.2. The number of halogens is 1. The Morgan fingerprint density at radius 3 is 2.66 bits per heavy atom. The van der Waals surface area contributed by atoms with Crippen LogP contribution in [-0.4, -0.2) is 55.9 Å². The summed E-state index contributed by atoms with van der Waals surface area (Å²) in [5.41, 5.74) is 1.61. The van der Waals surface area contributed by atoms with Gasteiger partial charge in [-0.25, -0.2) is 12.8 Å². The van der Waals surface area contributed by atoms with Crippen molar-refractivity contribution in [3.63, 3.8) is 0 Å². The van der Waals surface area contributed by atoms with Crippen molar-refractivity contribution in [2.24, 2.45) is 5.92 Å². The molecule has 8 heteroatoms. The van der Waals surface area contributed by atoms with Crippen molar-refractivity contribution in [1.29, 1.82) is 0 Å². The second kappa shape index (κ2) is 9.53. The number of sulfonamides is 1. The third-order valence-electron chi connectivity index (χ3n) is 5.97. The van der Waals surface area contributed by atoms with Crippen molar-refractivity contribution >= 4 is 15.9 Å². The molecular weight excluding hydrogens is 393 g/mol. The molecule has 3 rings (SSSR count). The summed E-state index contributed by atoms with van der Waals surface area (Å²) in [6, 6.07) is 6.50. The number of carbonyl (C=O) groups excluding carboxylic acids is 1. The van der Waals surface area contributed by atoms with E-state index in [1.807, 2.05) is 25.1 Å². The number of amides is 1. The van der Waals surface area contributed by atoms with Gasteiger partial charge in [0.05, 0.1) is 5.75 Å². The van der Waals surface area contributed by atoms with Crippen LogP contribution in [-0.2, 0) is 16.4 Å². The monoisotopic (exact) mass is 425 g/mol. The Hall–Kier alpha value is -1.51. The average molecular weight is 426 g/mol. The van der Waals surface area contributed by atoms with Gasteiger partial charge < -0.3 is 10.6 Å². The lowest BCUT2D eigenvalue weighted by Crippen LogP contribution is -2.55. The molecule has 2 heterocycles. The highest BCUT2D eigenvalue weighted by Gasteiger charge is 2.42. The Labute approximate surface area is 173 Å². The SMILES string of the molecule is CCc1cccc(C(=O)N[C@H]2C[C@@H](F)N(S(=O)(=O)CC3CCNCC3)[C@@H](C)C2)c1. The van der Waals surface area contributed by atoms with E-state index in [9.17, 15) is 17.6 Å². The van der Waals surface area contributed by atoms with E-state index in [2.05, 4.69) is 10.6 Å². The van der Waals surface area contributed by atoms with Gasteiger partial charge in [0.25, 0.3) is 5.91 Å². The van der Waals surface area contributed by atoms with E-state index in [4.69, 9.17) is 0 Å². The van der Waals surface area contributed by atoms with Crippen LogP contribution < -0.4 is 10.6 Å². The maximum atomic E-state index is 15.0. The molecule has 2 fully saturated rings. The lowest BCUT2D eigenvalue weighted by atomic mass is 9.99. The van der Waals surface area contributed by atoms with Gasteiger partial charge in [0.1, 0.15) is 0 Å². The number of hydrogen-bond acceptors (Lipinski definition) is 4. The summed E-state index contributed by atoms with van der Waals surface area (Å²) in [4.78, 5) is 12.6. The average Bonchev–Trinajstić information content (AvgIpc) is 2.67. The number of alkyl halides is 1. The molecule has 2 aliphatic heterocycles. The number of benzene rings is 1. The van der Waals surface area contributed by atoms with Gasteiger partial charge in [-0.2, -0.15) is 4.31 Å². The van der Waals surface area contributed by atoms with Crippen LogP contribution in [0.3, 0.4) is 0 Å². The fourth-order valence-corrected chi connectivity index (χ4v) is 6.60. The molecule has 0 bridgehead atoms. The Morgan fingerprint density at radius 1 is 1.28 bits per heavy atom. The number of piperidine rings is 2. The third kappa shape index (κ3) is 5.55. The minimum Gasteiger partial charge on any atom is -0.349 e. The Morgan fingerprint density at radius 2 is 2.00 bits per heavy atom. The third-order valence-corrected chi connectivity index (χ3v) is 8.10. The minimum atomic E-state index is -3.68. The molecule has 0 spiro atoms. The minimum absolute atomic E-state index is 0.000274. The largest absolute Gasteiger partial charge is 0.349 e. The van der Waals surface area contributed by atoms with Crippen LogP contribution in [0.2, 0.25) is 0 Å². The van der Waals surface area contributed by atoms with Crippen molar-refractivity contribution in [3.8, 4) is 0 Å². The lowest BCUT2D eigenvalue weighted by molar-refractivity contribution is 0.0598. The molecule has 2 N–H and O–H groups in total. The van der Waals surface area contributed by atoms with E-state index in [-0.39, 0.29) is 30.0 Å². The molecule has 0 aliphatic carbocycles. The van der Waals surface area contributed by atoms with Crippen LogP contribution in [0.4, 0.5) is 4.39 Å². The van der Waals surface area contributed by atoms with E-state index in [1.165, 1.54) is 0 Å². The van der Waals surface area contributed by atoms with Crippen LogP contribution in [0.5, 0.6) is 0 Å². The molecule has 1 aromatic carbocycles. The number of nitrogens with zero attached hydrogens (tertiary/aromatic N) is 1. The molecule has 0 saturated carbocycles. The molecule has 6 nitrogen and oxygen atoms in total. The summed E-state index contributed by atoms with van der Waals surface area (Å²) < 4.78 is 41.7. The van der Waals surface area contributed by atoms with Gasteiger partial charge in [-0.3, -0.25) is 4.79 Å². The van der Waals surface area contributed by atoms with Crippen molar-refractivity contribution in [3.05, 3.63) is 35.4 Å². The fourth-order valence-electron chi connectivity index (χ4n) is 4.43. The number of rotatable bonds is 6. The van der Waals surface area contributed by atoms with Gasteiger partial charge in [0, 0.05) is 24.1 Å². The van der Waals surface area contributed by atoms with Crippen molar-refractivity contribution in [1.82, 2.24) is 14.9 Å². The molecule has 1 aromatic rings.